The van der Waals surface area contributed by atoms with Crippen molar-refractivity contribution in [3.63, 3.8) is 0 Å². The van der Waals surface area contributed by atoms with Crippen LogP contribution in [0.4, 0.5) is 8.78 Å². The molecule has 216 valence electrons. The molecule has 0 aromatic heterocycles. The van der Waals surface area contributed by atoms with Gasteiger partial charge in [0.25, 0.3) is 0 Å². The first-order valence-corrected chi connectivity index (χ1v) is 14.7. The van der Waals surface area contributed by atoms with E-state index in [1.807, 2.05) is 36.4 Å². The van der Waals surface area contributed by atoms with Crippen LogP contribution >= 0.6 is 0 Å². The monoisotopic (exact) mass is 560 g/mol. The van der Waals surface area contributed by atoms with E-state index >= 15 is 0 Å². The summed E-state index contributed by atoms with van der Waals surface area (Å²) in [6.07, 6.45) is 7.64. The van der Waals surface area contributed by atoms with Crippen LogP contribution in [0.15, 0.2) is 60.7 Å². The standard InChI is InChI=1S/C35H38F2O4/c1-3-41-34(39)27-9-12-29-26(22-27)15-18-35(30(33(29)38)20-24-6-10-28(40-2)11-7-24)16-4-5-23(14-17-35)19-25-8-13-31(36)32(37)21-25/h6-13,21-23,30H,3-5,14-20H2,1-2H3. The summed E-state index contributed by atoms with van der Waals surface area (Å²) in [6.45, 7) is 2.08. The topological polar surface area (TPSA) is 52.6 Å². The highest BCUT2D eigenvalue weighted by Gasteiger charge is 2.46. The van der Waals surface area contributed by atoms with Gasteiger partial charge in [0.1, 0.15) is 5.75 Å². The third-order valence-electron chi connectivity index (χ3n) is 9.27. The molecule has 41 heavy (non-hydrogen) atoms. The van der Waals surface area contributed by atoms with Gasteiger partial charge >= 0.3 is 5.97 Å². The second kappa shape index (κ2) is 12.5. The number of fused-ring (bicyclic) bond motifs is 1. The van der Waals surface area contributed by atoms with Gasteiger partial charge in [-0.15, -0.1) is 0 Å². The number of ketones is 1. The fourth-order valence-electron chi connectivity index (χ4n) is 7.02. The van der Waals surface area contributed by atoms with Crippen molar-refractivity contribution < 1.29 is 27.8 Å². The Bertz CT molecular complexity index is 1400. The van der Waals surface area contributed by atoms with Gasteiger partial charge in [-0.05, 0) is 116 Å². The molecule has 0 saturated heterocycles. The van der Waals surface area contributed by atoms with Crippen LogP contribution in [0.2, 0.25) is 0 Å². The summed E-state index contributed by atoms with van der Waals surface area (Å²) in [5.41, 5.74) is 3.82. The molecule has 4 nitrogen and oxygen atoms in total. The maximum Gasteiger partial charge on any atom is 0.338 e. The molecule has 3 aromatic rings. The van der Waals surface area contributed by atoms with Crippen LogP contribution in [0, 0.1) is 28.9 Å². The first-order valence-electron chi connectivity index (χ1n) is 14.7. The second-order valence-corrected chi connectivity index (χ2v) is 11.7. The molecule has 0 radical (unpaired) electrons. The largest absolute Gasteiger partial charge is 0.497 e. The van der Waals surface area contributed by atoms with Gasteiger partial charge in [-0.25, -0.2) is 13.6 Å². The molecule has 1 saturated carbocycles. The van der Waals surface area contributed by atoms with Gasteiger partial charge in [0.15, 0.2) is 17.4 Å². The third-order valence-corrected chi connectivity index (χ3v) is 9.27. The summed E-state index contributed by atoms with van der Waals surface area (Å²) in [4.78, 5) is 26.8. The minimum Gasteiger partial charge on any atom is -0.497 e. The lowest BCUT2D eigenvalue weighted by molar-refractivity contribution is 0.0525. The lowest BCUT2D eigenvalue weighted by atomic mass is 9.64. The maximum atomic E-state index is 14.4. The Labute approximate surface area is 241 Å². The molecule has 2 aliphatic rings. The van der Waals surface area contributed by atoms with Crippen molar-refractivity contribution in [2.75, 3.05) is 13.7 Å². The second-order valence-electron chi connectivity index (χ2n) is 11.7. The van der Waals surface area contributed by atoms with Crippen LogP contribution in [0.5, 0.6) is 5.75 Å². The summed E-state index contributed by atoms with van der Waals surface area (Å²) in [6, 6.07) is 17.5. The summed E-state index contributed by atoms with van der Waals surface area (Å²) in [7, 11) is 1.64. The van der Waals surface area contributed by atoms with E-state index in [2.05, 4.69) is 0 Å². The van der Waals surface area contributed by atoms with Crippen LogP contribution in [-0.2, 0) is 24.0 Å². The zero-order valence-electron chi connectivity index (χ0n) is 23.9. The number of hydrogen-bond acceptors (Lipinski definition) is 4. The number of benzene rings is 3. The Kier molecular flexibility index (Phi) is 8.86. The lowest BCUT2D eigenvalue weighted by Crippen LogP contribution is -2.36. The Balaban J connectivity index is 1.45. The number of aryl methyl sites for hydroxylation is 1. The van der Waals surface area contributed by atoms with Gasteiger partial charge in [0.2, 0.25) is 0 Å². The molecule has 1 spiro atoms. The molecule has 0 N–H and O–H groups in total. The van der Waals surface area contributed by atoms with Gasteiger partial charge in [-0.3, -0.25) is 4.79 Å². The van der Waals surface area contributed by atoms with Crippen LogP contribution in [-0.4, -0.2) is 25.5 Å². The number of ether oxygens (including phenoxy) is 2. The smallest absolute Gasteiger partial charge is 0.338 e. The molecule has 6 heteroatoms. The zero-order valence-corrected chi connectivity index (χ0v) is 23.9. The van der Waals surface area contributed by atoms with Crippen molar-refractivity contribution in [1.82, 2.24) is 0 Å². The van der Waals surface area contributed by atoms with Crippen molar-refractivity contribution in [2.24, 2.45) is 17.3 Å². The Morgan fingerprint density at radius 1 is 0.902 bits per heavy atom. The van der Waals surface area contributed by atoms with E-state index in [-0.39, 0.29) is 23.1 Å². The highest BCUT2D eigenvalue weighted by Crippen LogP contribution is 2.51. The summed E-state index contributed by atoms with van der Waals surface area (Å²) in [5, 5.41) is 0. The molecular formula is C35H38F2O4. The Morgan fingerprint density at radius 2 is 1.68 bits per heavy atom. The van der Waals surface area contributed by atoms with E-state index in [4.69, 9.17) is 9.47 Å². The van der Waals surface area contributed by atoms with E-state index in [1.54, 1.807) is 26.2 Å². The summed E-state index contributed by atoms with van der Waals surface area (Å²) in [5.74, 6) is -0.931. The van der Waals surface area contributed by atoms with E-state index in [9.17, 15) is 18.4 Å². The van der Waals surface area contributed by atoms with Crippen molar-refractivity contribution >= 4 is 11.8 Å². The zero-order chi connectivity index (χ0) is 29.0. The number of hydrogen-bond donors (Lipinski definition) is 0. The Hall–Kier alpha value is -3.54. The van der Waals surface area contributed by atoms with Gasteiger partial charge in [0, 0.05) is 11.5 Å². The van der Waals surface area contributed by atoms with Crippen molar-refractivity contribution in [1.29, 1.82) is 0 Å². The quantitative estimate of drug-likeness (QED) is 0.275. The molecule has 5 rings (SSSR count). The van der Waals surface area contributed by atoms with Crippen molar-refractivity contribution in [3.05, 3.63) is 100 Å². The fourth-order valence-corrected chi connectivity index (χ4v) is 7.02. The lowest BCUT2D eigenvalue weighted by Gasteiger charge is -2.39. The third kappa shape index (κ3) is 6.37. The number of esters is 1. The normalized spacial score (nSPS) is 22.5. The number of carbonyl (C=O) groups is 2. The van der Waals surface area contributed by atoms with Crippen LogP contribution in [0.3, 0.4) is 0 Å². The molecule has 3 unspecified atom stereocenters. The number of rotatable bonds is 7. The molecule has 2 aliphatic carbocycles. The molecule has 3 atom stereocenters. The maximum absolute atomic E-state index is 14.4. The number of carbonyl (C=O) groups excluding carboxylic acids is 2. The summed E-state index contributed by atoms with van der Waals surface area (Å²) < 4.78 is 38.0. The Morgan fingerprint density at radius 3 is 2.41 bits per heavy atom. The number of Topliss-reactive ketones (excluding diaryl/α,β-unsaturated/α-hetero) is 1. The molecule has 3 aromatic carbocycles. The number of halogens is 2. The molecule has 0 amide bonds. The minimum atomic E-state index is -0.822. The predicted molar refractivity (Wildman–Crippen MR) is 154 cm³/mol. The van der Waals surface area contributed by atoms with Crippen molar-refractivity contribution in [2.45, 2.75) is 64.7 Å². The first-order chi connectivity index (χ1) is 19.8. The first kappa shape index (κ1) is 29.0. The van der Waals surface area contributed by atoms with E-state index in [1.165, 1.54) is 12.1 Å². The highest BCUT2D eigenvalue weighted by atomic mass is 19.2. The molecule has 1 fully saturated rings. The van der Waals surface area contributed by atoms with Crippen LogP contribution < -0.4 is 4.74 Å². The SMILES string of the molecule is CCOC(=O)c1ccc2c(c1)CCC1(CCCC(Cc3ccc(F)c(F)c3)CC1)C(Cc1ccc(OC)cc1)C2=O. The van der Waals surface area contributed by atoms with Gasteiger partial charge < -0.3 is 9.47 Å². The average molecular weight is 561 g/mol. The molecular weight excluding hydrogens is 522 g/mol. The van der Waals surface area contributed by atoms with E-state index in [0.717, 1.165) is 67.4 Å². The van der Waals surface area contributed by atoms with Gasteiger partial charge in [0.05, 0.1) is 19.3 Å². The fraction of sp³-hybridized carbons (Fsp3) is 0.429. The van der Waals surface area contributed by atoms with Gasteiger partial charge in [-0.2, -0.15) is 0 Å². The molecule has 0 bridgehead atoms. The highest BCUT2D eigenvalue weighted by molar-refractivity contribution is 6.01. The van der Waals surface area contributed by atoms with E-state index < -0.39 is 11.6 Å². The number of methoxy groups -OCH3 is 1. The van der Waals surface area contributed by atoms with Crippen molar-refractivity contribution in [3.8, 4) is 5.75 Å². The average Bonchev–Trinajstić information content (AvgIpc) is 3.25. The minimum absolute atomic E-state index is 0.141. The van der Waals surface area contributed by atoms with Gasteiger partial charge in [-0.1, -0.05) is 37.1 Å². The predicted octanol–water partition coefficient (Wildman–Crippen LogP) is 7.95. The summed E-state index contributed by atoms with van der Waals surface area (Å²) >= 11 is 0. The van der Waals surface area contributed by atoms with E-state index in [0.29, 0.717) is 36.5 Å². The molecule has 0 heterocycles. The van der Waals surface area contributed by atoms with Crippen LogP contribution in [0.25, 0.3) is 0 Å². The molecule has 0 aliphatic heterocycles. The van der Waals surface area contributed by atoms with Crippen LogP contribution in [0.1, 0.15) is 82.9 Å².